The zero-order valence-electron chi connectivity index (χ0n) is 11.0. The summed E-state index contributed by atoms with van der Waals surface area (Å²) in [7, 11) is 0. The third kappa shape index (κ3) is 4.82. The number of benzene rings is 1. The van der Waals surface area contributed by atoms with Crippen molar-refractivity contribution in [1.29, 1.82) is 0 Å². The van der Waals surface area contributed by atoms with E-state index in [1.54, 1.807) is 6.07 Å². The fraction of sp³-hybridized carbons (Fsp3) is 0.571. The monoisotopic (exact) mass is 241 g/mol. The SMILES string of the molecule is CC(CCNC(C)(C)C)c1ccc(F)c(F)c1. The minimum absolute atomic E-state index is 0.0910. The molecule has 0 aromatic heterocycles. The van der Waals surface area contributed by atoms with Gasteiger partial charge in [0.05, 0.1) is 0 Å². The molecule has 96 valence electrons. The Labute approximate surface area is 102 Å². The second-order valence-electron chi connectivity index (χ2n) is 5.54. The van der Waals surface area contributed by atoms with Crippen LogP contribution in [-0.4, -0.2) is 12.1 Å². The van der Waals surface area contributed by atoms with Crippen LogP contribution in [0.15, 0.2) is 18.2 Å². The number of nitrogens with one attached hydrogen (secondary N) is 1. The number of hydrogen-bond donors (Lipinski definition) is 1. The van der Waals surface area contributed by atoms with E-state index in [0.717, 1.165) is 18.5 Å². The van der Waals surface area contributed by atoms with Crippen molar-refractivity contribution in [3.8, 4) is 0 Å². The average Bonchev–Trinajstić information content (AvgIpc) is 2.20. The number of halogens is 2. The quantitative estimate of drug-likeness (QED) is 0.844. The molecule has 17 heavy (non-hydrogen) atoms. The third-order valence-corrected chi connectivity index (χ3v) is 2.75. The molecular formula is C14H21F2N. The first-order valence-electron chi connectivity index (χ1n) is 5.99. The fourth-order valence-electron chi connectivity index (χ4n) is 1.65. The van der Waals surface area contributed by atoms with Gasteiger partial charge in [-0.05, 0) is 57.4 Å². The highest BCUT2D eigenvalue weighted by atomic mass is 19.2. The first kappa shape index (κ1) is 14.1. The van der Waals surface area contributed by atoms with Crippen LogP contribution >= 0.6 is 0 Å². The highest BCUT2D eigenvalue weighted by Gasteiger charge is 2.12. The van der Waals surface area contributed by atoms with Crippen molar-refractivity contribution in [2.24, 2.45) is 0 Å². The van der Waals surface area contributed by atoms with Gasteiger partial charge in [0, 0.05) is 5.54 Å². The molecule has 1 N–H and O–H groups in total. The van der Waals surface area contributed by atoms with Crippen LogP contribution in [0.25, 0.3) is 0 Å². The Balaban J connectivity index is 2.52. The van der Waals surface area contributed by atoms with E-state index in [9.17, 15) is 8.78 Å². The first-order valence-corrected chi connectivity index (χ1v) is 5.99. The molecule has 0 saturated heterocycles. The summed E-state index contributed by atoms with van der Waals surface area (Å²) >= 11 is 0. The Morgan fingerprint density at radius 2 is 1.82 bits per heavy atom. The van der Waals surface area contributed by atoms with E-state index < -0.39 is 11.6 Å². The maximum Gasteiger partial charge on any atom is 0.159 e. The average molecular weight is 241 g/mol. The first-order chi connectivity index (χ1) is 7.79. The van der Waals surface area contributed by atoms with Crippen molar-refractivity contribution in [1.82, 2.24) is 5.32 Å². The molecule has 0 aliphatic carbocycles. The number of hydrogen-bond acceptors (Lipinski definition) is 1. The molecule has 1 nitrogen and oxygen atoms in total. The van der Waals surface area contributed by atoms with Crippen molar-refractivity contribution >= 4 is 0 Å². The predicted molar refractivity (Wildman–Crippen MR) is 67.1 cm³/mol. The molecule has 0 aliphatic heterocycles. The van der Waals surface area contributed by atoms with Crippen LogP contribution in [0.3, 0.4) is 0 Å². The predicted octanol–water partition coefficient (Wildman–Crippen LogP) is 3.85. The summed E-state index contributed by atoms with van der Waals surface area (Å²) in [6.07, 6.45) is 0.905. The normalized spacial score (nSPS) is 13.8. The van der Waals surface area contributed by atoms with Gasteiger partial charge in [0.25, 0.3) is 0 Å². The lowest BCUT2D eigenvalue weighted by atomic mass is 9.97. The highest BCUT2D eigenvalue weighted by molar-refractivity contribution is 5.21. The molecule has 1 atom stereocenters. The van der Waals surface area contributed by atoms with E-state index in [1.807, 2.05) is 6.92 Å². The Morgan fingerprint density at radius 3 is 2.35 bits per heavy atom. The van der Waals surface area contributed by atoms with E-state index in [4.69, 9.17) is 0 Å². The molecule has 1 unspecified atom stereocenters. The Hall–Kier alpha value is -0.960. The fourth-order valence-corrected chi connectivity index (χ4v) is 1.65. The van der Waals surface area contributed by atoms with E-state index in [-0.39, 0.29) is 11.5 Å². The summed E-state index contributed by atoms with van der Waals surface area (Å²) < 4.78 is 25.8. The van der Waals surface area contributed by atoms with E-state index in [0.29, 0.717) is 0 Å². The van der Waals surface area contributed by atoms with Gasteiger partial charge in [-0.3, -0.25) is 0 Å². The largest absolute Gasteiger partial charge is 0.312 e. The summed E-state index contributed by atoms with van der Waals surface area (Å²) in [4.78, 5) is 0. The number of rotatable bonds is 4. The van der Waals surface area contributed by atoms with Gasteiger partial charge in [-0.15, -0.1) is 0 Å². The van der Waals surface area contributed by atoms with Gasteiger partial charge in [0.2, 0.25) is 0 Å². The highest BCUT2D eigenvalue weighted by Crippen LogP contribution is 2.20. The van der Waals surface area contributed by atoms with Gasteiger partial charge in [-0.25, -0.2) is 8.78 Å². The van der Waals surface area contributed by atoms with Gasteiger partial charge in [-0.1, -0.05) is 13.0 Å². The summed E-state index contributed by atoms with van der Waals surface area (Å²) in [6, 6.07) is 4.13. The molecule has 1 aromatic rings. The van der Waals surface area contributed by atoms with Crippen LogP contribution in [0.5, 0.6) is 0 Å². The molecule has 0 spiro atoms. The van der Waals surface area contributed by atoms with Gasteiger partial charge in [0.1, 0.15) is 0 Å². The Kier molecular flexibility index (Phi) is 4.63. The van der Waals surface area contributed by atoms with Crippen LogP contribution in [-0.2, 0) is 0 Å². The molecule has 0 fully saturated rings. The smallest absolute Gasteiger partial charge is 0.159 e. The lowest BCUT2D eigenvalue weighted by Gasteiger charge is -2.22. The minimum atomic E-state index is -0.784. The molecular weight excluding hydrogens is 220 g/mol. The topological polar surface area (TPSA) is 12.0 Å². The van der Waals surface area contributed by atoms with Crippen LogP contribution < -0.4 is 5.32 Å². The maximum atomic E-state index is 13.1. The zero-order valence-corrected chi connectivity index (χ0v) is 11.0. The van der Waals surface area contributed by atoms with Gasteiger partial charge in [-0.2, -0.15) is 0 Å². The van der Waals surface area contributed by atoms with Crippen molar-refractivity contribution in [2.45, 2.75) is 45.6 Å². The van der Waals surface area contributed by atoms with Crippen molar-refractivity contribution in [3.63, 3.8) is 0 Å². The molecule has 0 radical (unpaired) electrons. The van der Waals surface area contributed by atoms with Gasteiger partial charge < -0.3 is 5.32 Å². The van der Waals surface area contributed by atoms with E-state index in [2.05, 4.69) is 26.1 Å². The Bertz CT molecular complexity index is 369. The molecule has 0 heterocycles. The van der Waals surface area contributed by atoms with Crippen LogP contribution in [0.4, 0.5) is 8.78 Å². The Morgan fingerprint density at radius 1 is 1.18 bits per heavy atom. The molecule has 0 saturated carbocycles. The zero-order chi connectivity index (χ0) is 13.1. The molecule has 0 aliphatic rings. The van der Waals surface area contributed by atoms with Crippen LogP contribution in [0.1, 0.15) is 45.6 Å². The standard InChI is InChI=1S/C14H21F2N/c1-10(7-8-17-14(2,3)4)11-5-6-12(15)13(16)9-11/h5-6,9-10,17H,7-8H2,1-4H3. The molecule has 3 heteroatoms. The van der Waals surface area contributed by atoms with E-state index >= 15 is 0 Å². The second kappa shape index (κ2) is 5.58. The summed E-state index contributed by atoms with van der Waals surface area (Å²) in [5.41, 5.74) is 0.938. The molecule has 0 amide bonds. The minimum Gasteiger partial charge on any atom is -0.312 e. The second-order valence-corrected chi connectivity index (χ2v) is 5.54. The lowest BCUT2D eigenvalue weighted by Crippen LogP contribution is -2.36. The summed E-state index contributed by atoms with van der Waals surface area (Å²) in [6.45, 7) is 9.21. The summed E-state index contributed by atoms with van der Waals surface area (Å²) in [5, 5.41) is 3.38. The van der Waals surface area contributed by atoms with Crippen LogP contribution in [0, 0.1) is 11.6 Å². The summed E-state index contributed by atoms with van der Waals surface area (Å²) in [5.74, 6) is -1.33. The molecule has 1 rings (SSSR count). The molecule has 0 bridgehead atoms. The van der Waals surface area contributed by atoms with Crippen LogP contribution in [0.2, 0.25) is 0 Å². The maximum absolute atomic E-state index is 13.1. The molecule has 1 aromatic carbocycles. The van der Waals surface area contributed by atoms with Crippen molar-refractivity contribution in [2.75, 3.05) is 6.54 Å². The lowest BCUT2D eigenvalue weighted by molar-refractivity contribution is 0.413. The van der Waals surface area contributed by atoms with Crippen molar-refractivity contribution < 1.29 is 8.78 Å². The van der Waals surface area contributed by atoms with Crippen molar-refractivity contribution in [3.05, 3.63) is 35.4 Å². The van der Waals surface area contributed by atoms with Gasteiger partial charge >= 0.3 is 0 Å². The third-order valence-electron chi connectivity index (χ3n) is 2.75. The van der Waals surface area contributed by atoms with E-state index in [1.165, 1.54) is 12.1 Å². The van der Waals surface area contributed by atoms with Gasteiger partial charge in [0.15, 0.2) is 11.6 Å².